The molecule has 0 aliphatic rings. The van der Waals surface area contributed by atoms with E-state index in [1.165, 1.54) is 26.4 Å². The molecule has 23 heavy (non-hydrogen) atoms. The van der Waals surface area contributed by atoms with Crippen LogP contribution in [0.3, 0.4) is 0 Å². The Balaban J connectivity index is 2.05. The summed E-state index contributed by atoms with van der Waals surface area (Å²) in [7, 11) is 2.90. The molecule has 0 aliphatic carbocycles. The smallest absolute Gasteiger partial charge is 0.251 e. The Morgan fingerprint density at radius 2 is 2.00 bits per heavy atom. The third-order valence-electron chi connectivity index (χ3n) is 3.40. The molecule has 1 N–H and O–H groups in total. The van der Waals surface area contributed by atoms with Crippen molar-refractivity contribution in [3.8, 4) is 5.75 Å². The molecule has 2 rings (SSSR count). The summed E-state index contributed by atoms with van der Waals surface area (Å²) in [6.45, 7) is 0.215. The van der Waals surface area contributed by atoms with Crippen molar-refractivity contribution in [1.29, 1.82) is 0 Å². The molecule has 2 aromatic carbocycles. The summed E-state index contributed by atoms with van der Waals surface area (Å²) in [5.41, 5.74) is 0.982. The fourth-order valence-electron chi connectivity index (χ4n) is 2.15. The van der Waals surface area contributed by atoms with Gasteiger partial charge in [0.15, 0.2) is 11.6 Å². The van der Waals surface area contributed by atoms with Gasteiger partial charge in [0, 0.05) is 29.8 Å². The molecule has 1 atom stereocenters. The average Bonchev–Trinajstić information content (AvgIpc) is 2.56. The van der Waals surface area contributed by atoms with Crippen molar-refractivity contribution in [2.24, 2.45) is 0 Å². The van der Waals surface area contributed by atoms with Gasteiger partial charge in [0.25, 0.3) is 5.91 Å². The lowest BCUT2D eigenvalue weighted by molar-refractivity contribution is 0.0828. The first-order valence-corrected chi connectivity index (χ1v) is 7.33. The van der Waals surface area contributed by atoms with Crippen molar-refractivity contribution in [3.05, 3.63) is 64.4 Å². The Kier molecular flexibility index (Phi) is 5.96. The highest BCUT2D eigenvalue weighted by molar-refractivity contribution is 6.31. The number of hydrogen-bond acceptors (Lipinski definition) is 3. The molecular weight excluding hydrogens is 321 g/mol. The highest BCUT2D eigenvalue weighted by Crippen LogP contribution is 2.24. The Labute approximate surface area is 139 Å². The van der Waals surface area contributed by atoms with E-state index in [-0.39, 0.29) is 17.9 Å². The van der Waals surface area contributed by atoms with Crippen LogP contribution in [0, 0.1) is 5.82 Å². The van der Waals surface area contributed by atoms with Gasteiger partial charge in [0.05, 0.1) is 7.11 Å². The predicted molar refractivity (Wildman–Crippen MR) is 86.5 cm³/mol. The van der Waals surface area contributed by atoms with Gasteiger partial charge in [-0.25, -0.2) is 4.39 Å². The molecule has 1 amide bonds. The molecule has 0 radical (unpaired) electrons. The summed E-state index contributed by atoms with van der Waals surface area (Å²) < 4.78 is 23.8. The highest BCUT2D eigenvalue weighted by atomic mass is 35.5. The van der Waals surface area contributed by atoms with Gasteiger partial charge in [-0.15, -0.1) is 0 Å². The standard InChI is InChI=1S/C17H17ClFNO3/c1-22-15-8-7-11(9-14(15)19)17(21)20-10-16(23-2)12-5-3-4-6-13(12)18/h3-9,16H,10H2,1-2H3,(H,20,21)/t16-/m1/s1. The van der Waals surface area contributed by atoms with E-state index < -0.39 is 17.8 Å². The number of nitrogens with one attached hydrogen (secondary N) is 1. The Morgan fingerprint density at radius 1 is 1.26 bits per heavy atom. The number of carbonyl (C=O) groups excluding carboxylic acids is 1. The zero-order chi connectivity index (χ0) is 16.8. The van der Waals surface area contributed by atoms with Crippen LogP contribution >= 0.6 is 11.6 Å². The van der Waals surface area contributed by atoms with Crippen LogP contribution in [0.1, 0.15) is 22.0 Å². The quantitative estimate of drug-likeness (QED) is 0.876. The lowest BCUT2D eigenvalue weighted by atomic mass is 10.1. The molecule has 0 aliphatic heterocycles. The van der Waals surface area contributed by atoms with Crippen LogP contribution in [0.4, 0.5) is 4.39 Å². The molecule has 0 saturated carbocycles. The zero-order valence-electron chi connectivity index (χ0n) is 12.8. The van der Waals surface area contributed by atoms with Gasteiger partial charge >= 0.3 is 0 Å². The van der Waals surface area contributed by atoms with E-state index in [0.29, 0.717) is 5.02 Å². The van der Waals surface area contributed by atoms with Gasteiger partial charge in [-0.2, -0.15) is 0 Å². The molecular formula is C17H17ClFNO3. The van der Waals surface area contributed by atoms with Gasteiger partial charge in [-0.05, 0) is 24.3 Å². The third kappa shape index (κ3) is 4.21. The number of methoxy groups -OCH3 is 2. The second kappa shape index (κ2) is 7.94. The molecule has 122 valence electrons. The first-order chi connectivity index (χ1) is 11.1. The zero-order valence-corrected chi connectivity index (χ0v) is 13.6. The number of hydrogen-bond donors (Lipinski definition) is 1. The monoisotopic (exact) mass is 337 g/mol. The normalized spacial score (nSPS) is 11.8. The third-order valence-corrected chi connectivity index (χ3v) is 3.74. The predicted octanol–water partition coefficient (Wildman–Crippen LogP) is 3.61. The summed E-state index contributed by atoms with van der Waals surface area (Å²) in [5, 5.41) is 3.27. The van der Waals surface area contributed by atoms with Gasteiger partial charge in [0.1, 0.15) is 6.10 Å². The van der Waals surface area contributed by atoms with Crippen molar-refractivity contribution in [3.63, 3.8) is 0 Å². The second-order valence-electron chi connectivity index (χ2n) is 4.81. The molecule has 0 aromatic heterocycles. The van der Waals surface area contributed by atoms with Crippen molar-refractivity contribution in [2.45, 2.75) is 6.10 Å². The topological polar surface area (TPSA) is 47.6 Å². The maximum Gasteiger partial charge on any atom is 0.251 e. The van der Waals surface area contributed by atoms with Crippen molar-refractivity contribution < 1.29 is 18.7 Å². The van der Waals surface area contributed by atoms with Crippen molar-refractivity contribution in [1.82, 2.24) is 5.32 Å². The lowest BCUT2D eigenvalue weighted by Gasteiger charge is -2.18. The average molecular weight is 338 g/mol. The van der Waals surface area contributed by atoms with Crippen LogP contribution in [0.25, 0.3) is 0 Å². The SMILES string of the molecule is COc1ccc(C(=O)NC[C@@H](OC)c2ccccc2Cl)cc1F. The number of carbonyl (C=O) groups is 1. The van der Waals surface area contributed by atoms with E-state index in [9.17, 15) is 9.18 Å². The molecule has 0 heterocycles. The lowest BCUT2D eigenvalue weighted by Crippen LogP contribution is -2.29. The van der Waals surface area contributed by atoms with E-state index in [1.807, 2.05) is 18.2 Å². The summed E-state index contributed by atoms with van der Waals surface area (Å²) in [5.74, 6) is -0.900. The van der Waals surface area contributed by atoms with Gasteiger partial charge in [0.2, 0.25) is 0 Å². The van der Waals surface area contributed by atoms with E-state index in [2.05, 4.69) is 5.32 Å². The number of rotatable bonds is 6. The highest BCUT2D eigenvalue weighted by Gasteiger charge is 2.16. The minimum atomic E-state index is -0.588. The Bertz CT molecular complexity index is 693. The van der Waals surface area contributed by atoms with Crippen LogP contribution in [0.5, 0.6) is 5.75 Å². The number of amides is 1. The van der Waals surface area contributed by atoms with Crippen molar-refractivity contribution >= 4 is 17.5 Å². The van der Waals surface area contributed by atoms with E-state index in [4.69, 9.17) is 21.1 Å². The molecule has 4 nitrogen and oxygen atoms in total. The maximum absolute atomic E-state index is 13.6. The molecule has 0 unspecified atom stereocenters. The van der Waals surface area contributed by atoms with Crippen molar-refractivity contribution in [2.75, 3.05) is 20.8 Å². The Hall–Kier alpha value is -2.11. The van der Waals surface area contributed by atoms with Crippen LogP contribution in [-0.2, 0) is 4.74 Å². The van der Waals surface area contributed by atoms with E-state index in [1.54, 1.807) is 6.07 Å². The first-order valence-electron chi connectivity index (χ1n) is 6.95. The molecule has 0 bridgehead atoms. The summed E-state index contributed by atoms with van der Waals surface area (Å²) in [6, 6.07) is 11.3. The van der Waals surface area contributed by atoms with Crippen LogP contribution in [0.2, 0.25) is 5.02 Å². The Morgan fingerprint density at radius 3 is 2.61 bits per heavy atom. The largest absolute Gasteiger partial charge is 0.494 e. The maximum atomic E-state index is 13.6. The number of halogens is 2. The van der Waals surface area contributed by atoms with Gasteiger partial charge in [-0.1, -0.05) is 29.8 Å². The molecule has 0 saturated heterocycles. The van der Waals surface area contributed by atoms with E-state index in [0.717, 1.165) is 11.6 Å². The number of benzene rings is 2. The minimum Gasteiger partial charge on any atom is -0.494 e. The fraction of sp³-hybridized carbons (Fsp3) is 0.235. The summed E-state index contributed by atoms with van der Waals surface area (Å²) in [4.78, 5) is 12.1. The van der Waals surface area contributed by atoms with Gasteiger partial charge < -0.3 is 14.8 Å². The molecule has 0 spiro atoms. The van der Waals surface area contributed by atoms with Crippen LogP contribution in [0.15, 0.2) is 42.5 Å². The summed E-state index contributed by atoms with van der Waals surface area (Å²) >= 11 is 6.13. The fourth-order valence-corrected chi connectivity index (χ4v) is 2.41. The summed E-state index contributed by atoms with van der Waals surface area (Å²) in [6.07, 6.45) is -0.393. The van der Waals surface area contributed by atoms with Crippen LogP contribution in [-0.4, -0.2) is 26.7 Å². The van der Waals surface area contributed by atoms with Crippen LogP contribution < -0.4 is 10.1 Å². The number of ether oxygens (including phenoxy) is 2. The molecule has 6 heteroatoms. The second-order valence-corrected chi connectivity index (χ2v) is 5.21. The van der Waals surface area contributed by atoms with Gasteiger partial charge in [-0.3, -0.25) is 4.79 Å². The molecule has 2 aromatic rings. The van der Waals surface area contributed by atoms with E-state index >= 15 is 0 Å². The first kappa shape index (κ1) is 17.2. The molecule has 0 fully saturated rings. The minimum absolute atomic E-state index is 0.0902.